The number of nitrogens with zero attached hydrogens (tertiary/aromatic N) is 1. The Morgan fingerprint density at radius 1 is 1.29 bits per heavy atom. The maximum Gasteiger partial charge on any atom is 0.243 e. The summed E-state index contributed by atoms with van der Waals surface area (Å²) in [5.41, 5.74) is 6.58. The summed E-state index contributed by atoms with van der Waals surface area (Å²) in [5.74, 6) is 1.08. The first-order chi connectivity index (χ1) is 9.89. The van der Waals surface area contributed by atoms with Crippen molar-refractivity contribution < 1.29 is 17.9 Å². The molecule has 1 fully saturated rings. The summed E-state index contributed by atoms with van der Waals surface area (Å²) >= 11 is 0. The van der Waals surface area contributed by atoms with Crippen LogP contribution in [0.15, 0.2) is 17.0 Å². The molecule has 2 aliphatic heterocycles. The van der Waals surface area contributed by atoms with E-state index in [9.17, 15) is 8.42 Å². The standard InChI is InChI=1S/C14H20N2O4S/c1-9-5-12-13(20-8-19-12)7-14(9)21(17,18)16-4-3-11(15)6-10(16)2/h5,7,10-11H,3-4,6,8,15H2,1-2H3/t10-,11+/m1/s1. The van der Waals surface area contributed by atoms with Crippen LogP contribution in [0.25, 0.3) is 0 Å². The second-order valence-electron chi connectivity index (χ2n) is 5.72. The Morgan fingerprint density at radius 2 is 1.95 bits per heavy atom. The van der Waals surface area contributed by atoms with Gasteiger partial charge in [-0.3, -0.25) is 0 Å². The van der Waals surface area contributed by atoms with Crippen LogP contribution in [-0.4, -0.2) is 38.1 Å². The molecule has 0 radical (unpaired) electrons. The Kier molecular flexibility index (Phi) is 3.59. The van der Waals surface area contributed by atoms with E-state index in [1.54, 1.807) is 23.4 Å². The molecule has 0 bridgehead atoms. The maximum absolute atomic E-state index is 12.9. The fraction of sp³-hybridized carbons (Fsp3) is 0.571. The predicted octanol–water partition coefficient (Wildman–Crippen LogP) is 1.22. The Morgan fingerprint density at radius 3 is 2.62 bits per heavy atom. The molecule has 1 aromatic rings. The maximum atomic E-state index is 12.9. The highest BCUT2D eigenvalue weighted by Crippen LogP contribution is 2.37. The van der Waals surface area contributed by atoms with Gasteiger partial charge < -0.3 is 15.2 Å². The van der Waals surface area contributed by atoms with Gasteiger partial charge >= 0.3 is 0 Å². The summed E-state index contributed by atoms with van der Waals surface area (Å²) in [5, 5.41) is 0. The molecule has 0 spiro atoms. The average Bonchev–Trinajstić information content (AvgIpc) is 2.84. The Balaban J connectivity index is 1.99. The van der Waals surface area contributed by atoms with Gasteiger partial charge in [-0.25, -0.2) is 8.42 Å². The first-order valence-electron chi connectivity index (χ1n) is 7.07. The first-order valence-corrected chi connectivity index (χ1v) is 8.51. The molecule has 0 aromatic heterocycles. The van der Waals surface area contributed by atoms with Crippen LogP contribution >= 0.6 is 0 Å². The number of ether oxygens (including phenoxy) is 2. The van der Waals surface area contributed by atoms with E-state index in [4.69, 9.17) is 15.2 Å². The van der Waals surface area contributed by atoms with Crippen molar-refractivity contribution in [3.63, 3.8) is 0 Å². The number of aryl methyl sites for hydroxylation is 1. The van der Waals surface area contributed by atoms with Gasteiger partial charge in [0.1, 0.15) is 0 Å². The first kappa shape index (κ1) is 14.6. The number of hydrogen-bond donors (Lipinski definition) is 1. The van der Waals surface area contributed by atoms with E-state index in [1.807, 2.05) is 6.92 Å². The van der Waals surface area contributed by atoms with Gasteiger partial charge in [-0.15, -0.1) is 0 Å². The third-order valence-corrected chi connectivity index (χ3v) is 6.27. The summed E-state index contributed by atoms with van der Waals surface area (Å²) in [6.45, 7) is 4.26. The van der Waals surface area contributed by atoms with Crippen molar-refractivity contribution in [3.05, 3.63) is 17.7 Å². The highest BCUT2D eigenvalue weighted by Gasteiger charge is 2.35. The highest BCUT2D eigenvalue weighted by atomic mass is 32.2. The molecule has 7 heteroatoms. The van der Waals surface area contributed by atoms with Crippen LogP contribution in [0.4, 0.5) is 0 Å². The third kappa shape index (κ3) is 2.49. The van der Waals surface area contributed by atoms with Crippen LogP contribution in [0.2, 0.25) is 0 Å². The largest absolute Gasteiger partial charge is 0.454 e. The number of benzene rings is 1. The Hall–Kier alpha value is -1.31. The second-order valence-corrected chi connectivity index (χ2v) is 7.58. The minimum Gasteiger partial charge on any atom is -0.454 e. The molecule has 1 aromatic carbocycles. The summed E-state index contributed by atoms with van der Waals surface area (Å²) in [6, 6.07) is 3.26. The van der Waals surface area contributed by atoms with Crippen LogP contribution in [-0.2, 0) is 10.0 Å². The van der Waals surface area contributed by atoms with Crippen molar-refractivity contribution in [2.24, 2.45) is 5.73 Å². The number of piperidine rings is 1. The third-order valence-electron chi connectivity index (χ3n) is 4.11. The average molecular weight is 312 g/mol. The molecular formula is C14H20N2O4S. The van der Waals surface area contributed by atoms with Gasteiger partial charge in [0.05, 0.1) is 4.90 Å². The van der Waals surface area contributed by atoms with Crippen molar-refractivity contribution in [1.82, 2.24) is 4.31 Å². The van der Waals surface area contributed by atoms with Crippen molar-refractivity contribution in [1.29, 1.82) is 0 Å². The van der Waals surface area contributed by atoms with E-state index in [0.29, 0.717) is 36.4 Å². The topological polar surface area (TPSA) is 81.9 Å². The molecule has 2 N–H and O–H groups in total. The van der Waals surface area contributed by atoms with Gasteiger partial charge in [-0.2, -0.15) is 4.31 Å². The summed E-state index contributed by atoms with van der Waals surface area (Å²) in [4.78, 5) is 0.286. The van der Waals surface area contributed by atoms with E-state index < -0.39 is 10.0 Å². The minimum absolute atomic E-state index is 0.0734. The highest BCUT2D eigenvalue weighted by molar-refractivity contribution is 7.89. The van der Waals surface area contributed by atoms with E-state index in [2.05, 4.69) is 0 Å². The summed E-state index contributed by atoms with van der Waals surface area (Å²) < 4.78 is 37.9. The number of fused-ring (bicyclic) bond motifs is 1. The molecule has 3 rings (SSSR count). The number of rotatable bonds is 2. The van der Waals surface area contributed by atoms with E-state index in [0.717, 1.165) is 0 Å². The van der Waals surface area contributed by atoms with E-state index in [-0.39, 0.29) is 23.8 Å². The van der Waals surface area contributed by atoms with Gasteiger partial charge in [-0.1, -0.05) is 0 Å². The van der Waals surface area contributed by atoms with Crippen LogP contribution in [0.5, 0.6) is 11.5 Å². The van der Waals surface area contributed by atoms with Gasteiger partial charge in [0, 0.05) is 24.7 Å². The second kappa shape index (κ2) is 5.15. The normalized spacial score (nSPS) is 26.0. The zero-order valence-corrected chi connectivity index (χ0v) is 13.0. The summed E-state index contributed by atoms with van der Waals surface area (Å²) in [7, 11) is -3.54. The van der Waals surface area contributed by atoms with Crippen molar-refractivity contribution in [2.75, 3.05) is 13.3 Å². The van der Waals surface area contributed by atoms with Gasteiger partial charge in [0.15, 0.2) is 11.5 Å². The zero-order valence-electron chi connectivity index (χ0n) is 12.2. The predicted molar refractivity (Wildman–Crippen MR) is 77.9 cm³/mol. The van der Waals surface area contributed by atoms with Crippen LogP contribution < -0.4 is 15.2 Å². The zero-order chi connectivity index (χ0) is 15.2. The smallest absolute Gasteiger partial charge is 0.243 e. The molecule has 0 aliphatic carbocycles. The van der Waals surface area contributed by atoms with Crippen molar-refractivity contribution >= 4 is 10.0 Å². The van der Waals surface area contributed by atoms with Crippen molar-refractivity contribution in [3.8, 4) is 11.5 Å². The summed E-state index contributed by atoms with van der Waals surface area (Å²) in [6.07, 6.45) is 1.37. The van der Waals surface area contributed by atoms with Gasteiger partial charge in [0.2, 0.25) is 16.8 Å². The van der Waals surface area contributed by atoms with Gasteiger partial charge in [0.25, 0.3) is 0 Å². The minimum atomic E-state index is -3.54. The molecule has 0 saturated carbocycles. The number of nitrogens with two attached hydrogens (primary N) is 1. The fourth-order valence-electron chi connectivity index (χ4n) is 2.97. The molecule has 0 amide bonds. The quantitative estimate of drug-likeness (QED) is 0.888. The van der Waals surface area contributed by atoms with Crippen LogP contribution in [0.1, 0.15) is 25.3 Å². The van der Waals surface area contributed by atoms with Gasteiger partial charge in [-0.05, 0) is 38.3 Å². The molecular weight excluding hydrogens is 292 g/mol. The molecule has 6 nitrogen and oxygen atoms in total. The SMILES string of the molecule is Cc1cc2c(cc1S(=O)(=O)N1CC[C@H](N)C[C@H]1C)OCO2. The van der Waals surface area contributed by atoms with E-state index >= 15 is 0 Å². The monoisotopic (exact) mass is 312 g/mol. The molecule has 2 heterocycles. The Bertz CT molecular complexity index is 659. The lowest BCUT2D eigenvalue weighted by Gasteiger charge is -2.35. The van der Waals surface area contributed by atoms with Crippen LogP contribution in [0, 0.1) is 6.92 Å². The van der Waals surface area contributed by atoms with Crippen molar-refractivity contribution in [2.45, 2.75) is 43.7 Å². The lowest BCUT2D eigenvalue weighted by atomic mass is 10.0. The molecule has 1 saturated heterocycles. The van der Waals surface area contributed by atoms with Crippen LogP contribution in [0.3, 0.4) is 0 Å². The number of hydrogen-bond acceptors (Lipinski definition) is 5. The Labute approximate surface area is 124 Å². The van der Waals surface area contributed by atoms with E-state index in [1.165, 1.54) is 0 Å². The lowest BCUT2D eigenvalue weighted by molar-refractivity contribution is 0.174. The molecule has 2 aliphatic rings. The molecule has 2 atom stereocenters. The lowest BCUT2D eigenvalue weighted by Crippen LogP contribution is -2.48. The number of sulfonamides is 1. The molecule has 0 unspecified atom stereocenters. The molecule has 116 valence electrons. The fourth-order valence-corrected chi connectivity index (χ4v) is 4.85. The molecule has 21 heavy (non-hydrogen) atoms.